The number of halogens is 3. The lowest BCUT2D eigenvalue weighted by molar-refractivity contribution is -0.0328. The Balaban J connectivity index is 2.66. The van der Waals surface area contributed by atoms with Crippen LogP contribution in [-0.2, 0) is 0 Å². The van der Waals surface area contributed by atoms with Crippen LogP contribution in [0.25, 0.3) is 0 Å². The molecule has 1 aromatic rings. The molecule has 2 nitrogen and oxygen atoms in total. The molecule has 0 saturated carbocycles. The van der Waals surface area contributed by atoms with Crippen molar-refractivity contribution in [1.82, 2.24) is 9.97 Å². The monoisotopic (exact) mass is 180 g/mol. The first-order chi connectivity index (χ1) is 5.08. The molecule has 1 aromatic heterocycles. The molecule has 6 heteroatoms. The average molecular weight is 180 g/mol. The Morgan fingerprint density at radius 1 is 1.18 bits per heavy atom. The van der Waals surface area contributed by atoms with Crippen LogP contribution >= 0.6 is 11.8 Å². The molecule has 0 N–H and O–H groups in total. The van der Waals surface area contributed by atoms with Gasteiger partial charge in [0, 0.05) is 12.4 Å². The van der Waals surface area contributed by atoms with E-state index in [0.29, 0.717) is 0 Å². The van der Waals surface area contributed by atoms with Crippen LogP contribution in [0.4, 0.5) is 13.2 Å². The number of aromatic nitrogens is 2. The van der Waals surface area contributed by atoms with E-state index in [1.807, 2.05) is 0 Å². The molecule has 0 aliphatic rings. The average Bonchev–Trinajstić information content (AvgIpc) is 1.85. The van der Waals surface area contributed by atoms with Gasteiger partial charge in [0.25, 0.3) is 0 Å². The molecule has 0 amide bonds. The molecule has 0 atom stereocenters. The Morgan fingerprint density at radius 2 is 1.73 bits per heavy atom. The molecule has 0 aliphatic carbocycles. The smallest absolute Gasteiger partial charge is 0.244 e. The summed E-state index contributed by atoms with van der Waals surface area (Å²) in [6, 6.07) is 0. The lowest BCUT2D eigenvalue weighted by Crippen LogP contribution is -1.99. The zero-order valence-corrected chi connectivity index (χ0v) is 5.99. The Bertz CT molecular complexity index is 223. The lowest BCUT2D eigenvalue weighted by atomic mass is 10.7. The molecule has 1 rings (SSSR count). The number of rotatable bonds is 1. The second-order valence-corrected chi connectivity index (χ2v) is 2.76. The fourth-order valence-electron chi connectivity index (χ4n) is 0.472. The maximum absolute atomic E-state index is 11.6. The molecular formula is C5H3F3N2S. The molecule has 0 unspecified atom stereocenters. The van der Waals surface area contributed by atoms with Gasteiger partial charge in [0.05, 0.1) is 4.90 Å². The van der Waals surface area contributed by atoms with E-state index in [0.717, 1.165) is 12.4 Å². The first-order valence-corrected chi connectivity index (χ1v) is 3.40. The molecule has 1 heterocycles. The Kier molecular flexibility index (Phi) is 2.33. The molecule has 0 saturated heterocycles. The summed E-state index contributed by atoms with van der Waals surface area (Å²) in [5.74, 6) is 0. The fourth-order valence-corrected chi connectivity index (χ4v) is 0.966. The zero-order valence-electron chi connectivity index (χ0n) is 5.17. The van der Waals surface area contributed by atoms with Crippen LogP contribution in [0.5, 0.6) is 0 Å². The third-order valence-corrected chi connectivity index (χ3v) is 1.45. The second kappa shape index (κ2) is 3.08. The normalized spacial score (nSPS) is 11.5. The van der Waals surface area contributed by atoms with Gasteiger partial charge in [-0.05, 0) is 11.8 Å². The van der Waals surface area contributed by atoms with Crippen molar-refractivity contribution >= 4 is 11.8 Å². The highest BCUT2D eigenvalue weighted by atomic mass is 32.2. The van der Waals surface area contributed by atoms with Gasteiger partial charge in [-0.3, -0.25) is 0 Å². The Morgan fingerprint density at radius 3 is 2.18 bits per heavy atom. The summed E-state index contributed by atoms with van der Waals surface area (Å²) in [4.78, 5) is 6.87. The van der Waals surface area contributed by atoms with Gasteiger partial charge < -0.3 is 0 Å². The van der Waals surface area contributed by atoms with Crippen molar-refractivity contribution in [3.05, 3.63) is 18.7 Å². The molecule has 0 spiro atoms. The van der Waals surface area contributed by atoms with E-state index in [1.54, 1.807) is 0 Å². The number of alkyl halides is 3. The van der Waals surface area contributed by atoms with E-state index < -0.39 is 5.51 Å². The maximum atomic E-state index is 11.6. The van der Waals surface area contributed by atoms with Crippen molar-refractivity contribution in [2.24, 2.45) is 0 Å². The van der Waals surface area contributed by atoms with Crippen LogP contribution in [0.3, 0.4) is 0 Å². The van der Waals surface area contributed by atoms with Gasteiger partial charge in [0.2, 0.25) is 0 Å². The van der Waals surface area contributed by atoms with E-state index in [-0.39, 0.29) is 16.7 Å². The number of hydrogen-bond donors (Lipinski definition) is 0. The highest BCUT2D eigenvalue weighted by molar-refractivity contribution is 8.00. The van der Waals surface area contributed by atoms with Gasteiger partial charge in [-0.15, -0.1) is 0 Å². The van der Waals surface area contributed by atoms with E-state index in [2.05, 4.69) is 9.97 Å². The Labute approximate surface area is 64.9 Å². The SMILES string of the molecule is FC(F)(F)Sc1cncnc1. The third-order valence-electron chi connectivity index (χ3n) is 0.770. The summed E-state index contributed by atoms with van der Waals surface area (Å²) in [6.07, 6.45) is 3.41. The molecule has 0 radical (unpaired) electrons. The summed E-state index contributed by atoms with van der Waals surface area (Å²) >= 11 is -0.224. The quantitative estimate of drug-likeness (QED) is 0.619. The third kappa shape index (κ3) is 3.22. The minimum atomic E-state index is -4.26. The summed E-state index contributed by atoms with van der Waals surface area (Å²) in [7, 11) is 0. The molecule has 0 bridgehead atoms. The molecule has 11 heavy (non-hydrogen) atoms. The van der Waals surface area contributed by atoms with Crippen LogP contribution in [0.1, 0.15) is 0 Å². The summed E-state index contributed by atoms with van der Waals surface area (Å²) in [5, 5.41) is 0. The number of hydrogen-bond acceptors (Lipinski definition) is 3. The van der Waals surface area contributed by atoms with Crippen LogP contribution in [-0.4, -0.2) is 15.5 Å². The van der Waals surface area contributed by atoms with E-state index in [4.69, 9.17) is 0 Å². The van der Waals surface area contributed by atoms with Gasteiger partial charge in [0.1, 0.15) is 6.33 Å². The van der Waals surface area contributed by atoms with Gasteiger partial charge in [-0.2, -0.15) is 13.2 Å². The van der Waals surface area contributed by atoms with Crippen LogP contribution in [0, 0.1) is 0 Å². The zero-order chi connectivity index (χ0) is 8.32. The number of nitrogens with zero attached hydrogens (tertiary/aromatic N) is 2. The molecule has 60 valence electrons. The van der Waals surface area contributed by atoms with Crippen molar-refractivity contribution in [2.45, 2.75) is 10.4 Å². The summed E-state index contributed by atoms with van der Waals surface area (Å²) in [5.41, 5.74) is -4.26. The van der Waals surface area contributed by atoms with E-state index >= 15 is 0 Å². The van der Waals surface area contributed by atoms with Gasteiger partial charge in [-0.25, -0.2) is 9.97 Å². The molecule has 0 fully saturated rings. The van der Waals surface area contributed by atoms with Crippen LogP contribution < -0.4 is 0 Å². The summed E-state index contributed by atoms with van der Waals surface area (Å²) in [6.45, 7) is 0. The predicted octanol–water partition coefficient (Wildman–Crippen LogP) is 2.09. The van der Waals surface area contributed by atoms with Crippen molar-refractivity contribution in [3.8, 4) is 0 Å². The first kappa shape index (κ1) is 8.32. The van der Waals surface area contributed by atoms with Gasteiger partial charge >= 0.3 is 5.51 Å². The highest BCUT2D eigenvalue weighted by Gasteiger charge is 2.29. The van der Waals surface area contributed by atoms with Crippen molar-refractivity contribution < 1.29 is 13.2 Å². The number of thioether (sulfide) groups is 1. The maximum Gasteiger partial charge on any atom is 0.446 e. The standard InChI is InChI=1S/C5H3F3N2S/c6-5(7,8)11-4-1-9-3-10-2-4/h1-3H. The minimum absolute atomic E-state index is 0.000000000000000444. The second-order valence-electron chi connectivity index (χ2n) is 1.62. The van der Waals surface area contributed by atoms with Crippen molar-refractivity contribution in [3.63, 3.8) is 0 Å². The van der Waals surface area contributed by atoms with E-state index in [9.17, 15) is 13.2 Å². The van der Waals surface area contributed by atoms with Crippen LogP contribution in [0.2, 0.25) is 0 Å². The van der Waals surface area contributed by atoms with Gasteiger partial charge in [-0.1, -0.05) is 0 Å². The highest BCUT2D eigenvalue weighted by Crippen LogP contribution is 2.35. The first-order valence-electron chi connectivity index (χ1n) is 2.59. The lowest BCUT2D eigenvalue weighted by Gasteiger charge is -2.02. The van der Waals surface area contributed by atoms with E-state index in [1.165, 1.54) is 6.33 Å². The summed E-state index contributed by atoms with van der Waals surface area (Å²) < 4.78 is 34.9. The molecule has 0 aliphatic heterocycles. The molecule has 0 aromatic carbocycles. The van der Waals surface area contributed by atoms with Crippen molar-refractivity contribution in [2.75, 3.05) is 0 Å². The largest absolute Gasteiger partial charge is 0.446 e. The predicted molar refractivity (Wildman–Crippen MR) is 33.9 cm³/mol. The van der Waals surface area contributed by atoms with Crippen molar-refractivity contribution in [1.29, 1.82) is 0 Å². The minimum Gasteiger partial charge on any atom is -0.244 e. The van der Waals surface area contributed by atoms with Gasteiger partial charge in [0.15, 0.2) is 0 Å². The fraction of sp³-hybridized carbons (Fsp3) is 0.200. The van der Waals surface area contributed by atoms with Crippen LogP contribution in [0.15, 0.2) is 23.6 Å². The topological polar surface area (TPSA) is 25.8 Å². The molecular weight excluding hydrogens is 177 g/mol. The Hall–Kier alpha value is -0.780.